The molecule has 0 fully saturated rings. The van der Waals surface area contributed by atoms with Crippen molar-refractivity contribution in [3.8, 4) is 17.1 Å². The van der Waals surface area contributed by atoms with Crippen molar-refractivity contribution in [2.45, 2.75) is 39.8 Å². The van der Waals surface area contributed by atoms with E-state index in [1.807, 2.05) is 32.0 Å². The van der Waals surface area contributed by atoms with Crippen LogP contribution in [0.25, 0.3) is 22.3 Å². The minimum Gasteiger partial charge on any atom is -0.493 e. The number of alkyl halides is 3. The highest BCUT2D eigenvalue weighted by atomic mass is 19.4. The molecular weight excluding hydrogens is 435 g/mol. The molecule has 176 valence electrons. The van der Waals surface area contributed by atoms with Gasteiger partial charge in [-0.15, -0.1) is 0 Å². The normalized spacial score (nSPS) is 12.5. The Hall–Kier alpha value is -3.29. The van der Waals surface area contributed by atoms with Crippen molar-refractivity contribution >= 4 is 16.9 Å². The molecule has 2 heterocycles. The van der Waals surface area contributed by atoms with Crippen molar-refractivity contribution in [3.63, 3.8) is 0 Å². The van der Waals surface area contributed by atoms with Gasteiger partial charge < -0.3 is 13.9 Å². The van der Waals surface area contributed by atoms with E-state index in [1.165, 1.54) is 6.92 Å². The Labute approximate surface area is 190 Å². The Morgan fingerprint density at radius 3 is 2.52 bits per heavy atom. The van der Waals surface area contributed by atoms with Crippen LogP contribution in [0.2, 0.25) is 0 Å². The van der Waals surface area contributed by atoms with Gasteiger partial charge in [0.15, 0.2) is 0 Å². The number of pyridine rings is 1. The van der Waals surface area contributed by atoms with Crippen LogP contribution in [-0.4, -0.2) is 30.3 Å². The number of nitrogens with zero attached hydrogens (tertiary/aromatic N) is 1. The summed E-state index contributed by atoms with van der Waals surface area (Å²) >= 11 is 0. The maximum atomic E-state index is 13.3. The molecule has 0 spiro atoms. The van der Waals surface area contributed by atoms with Crippen LogP contribution in [0.15, 0.2) is 53.0 Å². The number of rotatable bonds is 9. The van der Waals surface area contributed by atoms with Crippen LogP contribution in [-0.2, 0) is 22.4 Å². The van der Waals surface area contributed by atoms with Gasteiger partial charge in [-0.1, -0.05) is 20.4 Å². The molecule has 0 bridgehead atoms. The molecular formula is C25H26F3NO4. The summed E-state index contributed by atoms with van der Waals surface area (Å²) in [5, 5.41) is 0.793. The lowest BCUT2D eigenvalue weighted by molar-refractivity contribution is -0.196. The first-order valence-corrected chi connectivity index (χ1v) is 10.7. The van der Waals surface area contributed by atoms with E-state index >= 15 is 0 Å². The average molecular weight is 461 g/mol. The number of carbonyl (C=O) groups excluding carboxylic acids is 1. The smallest absolute Gasteiger partial charge is 0.398 e. The zero-order valence-corrected chi connectivity index (χ0v) is 18.8. The molecule has 3 aromatic rings. The van der Waals surface area contributed by atoms with Gasteiger partial charge in [-0.25, -0.2) is 4.79 Å². The predicted molar refractivity (Wildman–Crippen MR) is 119 cm³/mol. The quantitative estimate of drug-likeness (QED) is 0.277. The number of hydrogen-bond acceptors (Lipinski definition) is 5. The first kappa shape index (κ1) is 24.4. The van der Waals surface area contributed by atoms with E-state index in [9.17, 15) is 18.0 Å². The third-order valence-corrected chi connectivity index (χ3v) is 5.16. The van der Waals surface area contributed by atoms with E-state index in [4.69, 9.17) is 9.15 Å². The molecule has 0 aliphatic heterocycles. The molecule has 2 aromatic heterocycles. The van der Waals surface area contributed by atoms with Gasteiger partial charge in [0.25, 0.3) is 0 Å². The number of furan rings is 1. The number of carbonyl (C=O) groups is 1. The lowest BCUT2D eigenvalue weighted by Crippen LogP contribution is -2.33. The maximum Gasteiger partial charge on any atom is 0.398 e. The van der Waals surface area contributed by atoms with Crippen molar-refractivity contribution in [1.82, 2.24) is 4.98 Å². The Morgan fingerprint density at radius 1 is 1.12 bits per heavy atom. The monoisotopic (exact) mass is 461 g/mol. The minimum absolute atomic E-state index is 0.0293. The second-order valence-electron chi connectivity index (χ2n) is 7.74. The van der Waals surface area contributed by atoms with Gasteiger partial charge in [0.1, 0.15) is 36.2 Å². The Bertz CT molecular complexity index is 1150. The van der Waals surface area contributed by atoms with Crippen LogP contribution in [0.5, 0.6) is 5.75 Å². The fourth-order valence-electron chi connectivity index (χ4n) is 3.20. The number of esters is 1. The number of benzene rings is 1. The fraction of sp³-hybridized carbons (Fsp3) is 0.360. The Kier molecular flexibility index (Phi) is 7.46. The first-order chi connectivity index (χ1) is 15.6. The zero-order chi connectivity index (χ0) is 24.2. The highest BCUT2D eigenvalue weighted by Crippen LogP contribution is 2.33. The molecule has 3 rings (SSSR count). The van der Waals surface area contributed by atoms with E-state index in [0.717, 1.165) is 35.2 Å². The lowest BCUT2D eigenvalue weighted by Gasteiger charge is -2.20. The minimum atomic E-state index is -4.59. The zero-order valence-electron chi connectivity index (χ0n) is 18.8. The van der Waals surface area contributed by atoms with Gasteiger partial charge in [-0.2, -0.15) is 13.2 Å². The van der Waals surface area contributed by atoms with Crippen molar-refractivity contribution in [1.29, 1.82) is 0 Å². The molecule has 0 saturated heterocycles. The Balaban J connectivity index is 1.77. The summed E-state index contributed by atoms with van der Waals surface area (Å²) in [5.41, 5.74) is 3.31. The molecule has 33 heavy (non-hydrogen) atoms. The van der Waals surface area contributed by atoms with Crippen LogP contribution in [0, 0.1) is 5.92 Å². The van der Waals surface area contributed by atoms with Gasteiger partial charge in [0.05, 0.1) is 5.69 Å². The van der Waals surface area contributed by atoms with Gasteiger partial charge >= 0.3 is 12.1 Å². The molecule has 0 aliphatic carbocycles. The standard InChI is InChI=1S/C25H26F3NO4/c1-5-18-8-10-20(21(6-2)29-18)23-11-16-7-9-19(12-22(16)33-23)31-13-17(25(26,27)28)14-32-24(30)15(3)4/h7-12,17H,3,5-6,13-14H2,1-2,4H3. The van der Waals surface area contributed by atoms with Crippen LogP contribution in [0.1, 0.15) is 32.2 Å². The number of fused-ring (bicyclic) bond motifs is 1. The summed E-state index contributed by atoms with van der Waals surface area (Å²) < 4.78 is 56.0. The lowest BCUT2D eigenvalue weighted by atomic mass is 10.1. The summed E-state index contributed by atoms with van der Waals surface area (Å²) in [5.74, 6) is -1.99. The topological polar surface area (TPSA) is 61.6 Å². The first-order valence-electron chi connectivity index (χ1n) is 10.7. The highest BCUT2D eigenvalue weighted by Gasteiger charge is 2.41. The molecule has 5 nitrogen and oxygen atoms in total. The number of aromatic nitrogens is 1. The van der Waals surface area contributed by atoms with E-state index in [-0.39, 0.29) is 11.3 Å². The number of ether oxygens (including phenoxy) is 2. The molecule has 0 N–H and O–H groups in total. The fourth-order valence-corrected chi connectivity index (χ4v) is 3.20. The predicted octanol–water partition coefficient (Wildman–Crippen LogP) is 6.30. The van der Waals surface area contributed by atoms with Crippen molar-refractivity contribution < 1.29 is 31.9 Å². The van der Waals surface area contributed by atoms with Gasteiger partial charge in [0, 0.05) is 28.3 Å². The molecule has 0 amide bonds. The number of halogens is 3. The van der Waals surface area contributed by atoms with E-state index in [1.54, 1.807) is 18.2 Å². The second kappa shape index (κ2) is 10.1. The molecule has 1 aromatic carbocycles. The molecule has 0 aliphatic rings. The van der Waals surface area contributed by atoms with Crippen LogP contribution in [0.4, 0.5) is 13.2 Å². The summed E-state index contributed by atoms with van der Waals surface area (Å²) in [6.45, 7) is 7.24. The number of hydrogen-bond donors (Lipinski definition) is 0. The average Bonchev–Trinajstić information content (AvgIpc) is 3.20. The van der Waals surface area contributed by atoms with Crippen LogP contribution < -0.4 is 4.74 Å². The third-order valence-electron chi connectivity index (χ3n) is 5.16. The number of aryl methyl sites for hydroxylation is 2. The maximum absolute atomic E-state index is 13.3. The SMILES string of the molecule is C=C(C)C(=O)OCC(COc1ccc2cc(-c3ccc(CC)nc3CC)oc2c1)C(F)(F)F. The Morgan fingerprint density at radius 2 is 1.88 bits per heavy atom. The summed E-state index contributed by atoms with van der Waals surface area (Å²) in [4.78, 5) is 16.1. The van der Waals surface area contributed by atoms with Gasteiger partial charge in [-0.3, -0.25) is 4.98 Å². The van der Waals surface area contributed by atoms with Crippen LogP contribution in [0.3, 0.4) is 0 Å². The summed E-state index contributed by atoms with van der Waals surface area (Å²) in [7, 11) is 0. The summed E-state index contributed by atoms with van der Waals surface area (Å²) in [6.07, 6.45) is -3.02. The van der Waals surface area contributed by atoms with Crippen LogP contribution >= 0.6 is 0 Å². The molecule has 0 radical (unpaired) electrons. The molecule has 8 heteroatoms. The largest absolute Gasteiger partial charge is 0.493 e. The van der Waals surface area contributed by atoms with E-state index in [2.05, 4.69) is 16.3 Å². The molecule has 1 atom stereocenters. The molecule has 0 saturated carbocycles. The van der Waals surface area contributed by atoms with E-state index in [0.29, 0.717) is 11.3 Å². The second-order valence-corrected chi connectivity index (χ2v) is 7.74. The van der Waals surface area contributed by atoms with Gasteiger partial charge in [-0.05, 0) is 50.1 Å². The van der Waals surface area contributed by atoms with E-state index < -0.39 is 31.3 Å². The molecule has 1 unspecified atom stereocenters. The van der Waals surface area contributed by atoms with Gasteiger partial charge in [0.2, 0.25) is 0 Å². The van der Waals surface area contributed by atoms with Crippen molar-refractivity contribution in [2.24, 2.45) is 5.92 Å². The summed E-state index contributed by atoms with van der Waals surface area (Å²) in [6, 6.07) is 10.6. The van der Waals surface area contributed by atoms with Crippen molar-refractivity contribution in [2.75, 3.05) is 13.2 Å². The third kappa shape index (κ3) is 5.94. The highest BCUT2D eigenvalue weighted by molar-refractivity contribution is 5.87. The van der Waals surface area contributed by atoms with Crippen molar-refractivity contribution in [3.05, 3.63) is 59.9 Å².